The third kappa shape index (κ3) is 6.13. The maximum absolute atomic E-state index is 12.3. The first-order chi connectivity index (χ1) is 16.2. The number of hydrogen-bond donors (Lipinski definition) is 4. The number of anilines is 1. The van der Waals surface area contributed by atoms with Crippen LogP contribution in [0.5, 0.6) is 5.75 Å². The number of amides is 1. The van der Waals surface area contributed by atoms with E-state index in [0.29, 0.717) is 23.8 Å². The van der Waals surface area contributed by atoms with E-state index in [4.69, 9.17) is 10.6 Å². The molecule has 8 heteroatoms. The van der Waals surface area contributed by atoms with Crippen LogP contribution in [-0.2, 0) is 11.3 Å². The number of nitrogens with two attached hydrogens (primary N) is 1. The number of carbonyl (C=O) groups is 1. The Bertz CT molecular complexity index is 1240. The van der Waals surface area contributed by atoms with Gasteiger partial charge in [0.05, 0.1) is 6.54 Å². The van der Waals surface area contributed by atoms with Crippen LogP contribution in [0.25, 0.3) is 10.8 Å². The van der Waals surface area contributed by atoms with Crippen LogP contribution in [0.1, 0.15) is 11.1 Å². The van der Waals surface area contributed by atoms with Gasteiger partial charge < -0.3 is 10.1 Å². The van der Waals surface area contributed by atoms with E-state index in [2.05, 4.69) is 26.3 Å². The molecule has 3 aromatic carbocycles. The first-order valence-electron chi connectivity index (χ1n) is 10.4. The second-order valence-electron chi connectivity index (χ2n) is 7.22. The lowest BCUT2D eigenvalue weighted by Crippen LogP contribution is -2.42. The summed E-state index contributed by atoms with van der Waals surface area (Å²) in [4.78, 5) is 21.0. The van der Waals surface area contributed by atoms with Crippen LogP contribution in [0, 0.1) is 0 Å². The smallest absolute Gasteiger partial charge is 0.262 e. The van der Waals surface area contributed by atoms with E-state index in [1.54, 1.807) is 24.5 Å². The van der Waals surface area contributed by atoms with Crippen molar-refractivity contribution in [3.05, 3.63) is 102 Å². The number of aromatic nitrogens is 1. The molecule has 0 fully saturated rings. The summed E-state index contributed by atoms with van der Waals surface area (Å²) in [6.45, 7) is 0.403. The van der Waals surface area contributed by atoms with Crippen LogP contribution >= 0.6 is 0 Å². The van der Waals surface area contributed by atoms with Crippen molar-refractivity contribution in [3.63, 3.8) is 0 Å². The van der Waals surface area contributed by atoms with Gasteiger partial charge in [0, 0.05) is 29.0 Å². The Labute approximate surface area is 191 Å². The van der Waals surface area contributed by atoms with Crippen molar-refractivity contribution < 1.29 is 9.53 Å². The molecular formula is C25H24N6O2. The summed E-state index contributed by atoms with van der Waals surface area (Å²) in [6.07, 6.45) is 3.50. The average Bonchev–Trinajstić information content (AvgIpc) is 2.86. The summed E-state index contributed by atoms with van der Waals surface area (Å²) in [5, 5.41) is 4.86. The van der Waals surface area contributed by atoms with Crippen molar-refractivity contribution in [1.82, 2.24) is 15.9 Å². The van der Waals surface area contributed by atoms with Gasteiger partial charge in [0.1, 0.15) is 11.6 Å². The molecule has 0 saturated heterocycles. The van der Waals surface area contributed by atoms with Crippen molar-refractivity contribution in [3.8, 4) is 5.75 Å². The van der Waals surface area contributed by atoms with Gasteiger partial charge in [-0.05, 0) is 53.4 Å². The molecule has 0 aliphatic rings. The van der Waals surface area contributed by atoms with Crippen molar-refractivity contribution >= 4 is 28.2 Å². The quantitative estimate of drug-likeness (QED) is 0.145. The third-order valence-corrected chi connectivity index (χ3v) is 4.88. The first-order valence-corrected chi connectivity index (χ1v) is 10.4. The number of carbonyl (C=O) groups excluding carboxylic acids is 1. The predicted molar refractivity (Wildman–Crippen MR) is 129 cm³/mol. The second kappa shape index (κ2) is 10.9. The van der Waals surface area contributed by atoms with Gasteiger partial charge in [0.15, 0.2) is 6.61 Å². The maximum Gasteiger partial charge on any atom is 0.262 e. The summed E-state index contributed by atoms with van der Waals surface area (Å²) < 4.78 is 5.63. The number of hydrogen-bond acceptors (Lipinski definition) is 6. The SMILES string of the molecule is NNNC(=NCc1ccccc1)c1ccc(OCC(=O)Nc2ccc3cnccc3c2)cc1. The normalized spacial score (nSPS) is 11.2. The first kappa shape index (κ1) is 21.9. The molecule has 1 aromatic heterocycles. The summed E-state index contributed by atoms with van der Waals surface area (Å²) in [5.41, 5.74) is 7.89. The number of aliphatic imine (C=N–C) groups is 1. The van der Waals surface area contributed by atoms with Crippen LogP contribution in [0.4, 0.5) is 5.69 Å². The molecule has 0 aliphatic carbocycles. The number of nitrogens with one attached hydrogen (secondary N) is 3. The highest BCUT2D eigenvalue weighted by Gasteiger charge is 2.07. The highest BCUT2D eigenvalue weighted by molar-refractivity contribution is 5.98. The number of fused-ring (bicyclic) bond motifs is 1. The van der Waals surface area contributed by atoms with Crippen LogP contribution < -0.4 is 26.9 Å². The van der Waals surface area contributed by atoms with Gasteiger partial charge in [0.2, 0.25) is 0 Å². The van der Waals surface area contributed by atoms with E-state index >= 15 is 0 Å². The summed E-state index contributed by atoms with van der Waals surface area (Å²) in [5.74, 6) is 6.35. The number of pyridine rings is 1. The van der Waals surface area contributed by atoms with E-state index < -0.39 is 0 Å². The van der Waals surface area contributed by atoms with Gasteiger partial charge >= 0.3 is 0 Å². The van der Waals surface area contributed by atoms with Crippen molar-refractivity contribution in [2.75, 3.05) is 11.9 Å². The Morgan fingerprint density at radius 1 is 0.970 bits per heavy atom. The molecule has 5 N–H and O–H groups in total. The van der Waals surface area contributed by atoms with E-state index in [9.17, 15) is 4.79 Å². The van der Waals surface area contributed by atoms with Crippen LogP contribution in [-0.4, -0.2) is 23.3 Å². The van der Waals surface area contributed by atoms with Gasteiger partial charge in [-0.25, -0.2) is 0 Å². The second-order valence-corrected chi connectivity index (χ2v) is 7.22. The minimum atomic E-state index is -0.244. The standard InChI is InChI=1S/C25H24N6O2/c26-31-30-25(28-15-18-4-2-1-3-5-18)19-7-10-23(11-8-19)33-17-24(32)29-22-9-6-21-16-27-13-12-20(21)14-22/h1-14,16,31H,15,17,26H2,(H,28,30)(H,29,32). The number of hydrazine groups is 2. The molecule has 0 bridgehead atoms. The van der Waals surface area contributed by atoms with Gasteiger partial charge in [-0.2, -0.15) is 5.53 Å². The molecule has 33 heavy (non-hydrogen) atoms. The lowest BCUT2D eigenvalue weighted by molar-refractivity contribution is -0.118. The Balaban J connectivity index is 1.34. The zero-order chi connectivity index (χ0) is 22.9. The average molecular weight is 441 g/mol. The molecule has 0 radical (unpaired) electrons. The Hall–Kier alpha value is -4.27. The Kier molecular flexibility index (Phi) is 7.22. The van der Waals surface area contributed by atoms with Crippen LogP contribution in [0.15, 0.2) is 96.2 Å². The number of nitrogens with zero attached hydrogens (tertiary/aromatic N) is 2. The molecule has 4 rings (SSSR count). The van der Waals surface area contributed by atoms with E-state index in [1.807, 2.05) is 66.7 Å². The van der Waals surface area contributed by atoms with Crippen molar-refractivity contribution in [1.29, 1.82) is 0 Å². The highest BCUT2D eigenvalue weighted by atomic mass is 16.5. The molecule has 0 saturated carbocycles. The van der Waals surface area contributed by atoms with Gasteiger partial charge in [-0.3, -0.25) is 26.0 Å². The zero-order valence-corrected chi connectivity index (χ0v) is 17.9. The largest absolute Gasteiger partial charge is 0.484 e. The number of benzene rings is 3. The molecule has 4 aromatic rings. The summed E-state index contributed by atoms with van der Waals surface area (Å²) in [7, 11) is 0. The predicted octanol–water partition coefficient (Wildman–Crippen LogP) is 3.17. The highest BCUT2D eigenvalue weighted by Crippen LogP contribution is 2.18. The van der Waals surface area contributed by atoms with Gasteiger partial charge in [-0.1, -0.05) is 36.4 Å². The molecule has 0 atom stereocenters. The lowest BCUT2D eigenvalue weighted by Gasteiger charge is -2.11. The molecule has 0 aliphatic heterocycles. The van der Waals surface area contributed by atoms with E-state index in [0.717, 1.165) is 21.9 Å². The maximum atomic E-state index is 12.3. The summed E-state index contributed by atoms with van der Waals surface area (Å²) >= 11 is 0. The lowest BCUT2D eigenvalue weighted by atomic mass is 10.1. The fourth-order valence-corrected chi connectivity index (χ4v) is 3.24. The number of ether oxygens (including phenoxy) is 1. The molecule has 1 heterocycles. The fourth-order valence-electron chi connectivity index (χ4n) is 3.24. The minimum absolute atomic E-state index is 0.106. The van der Waals surface area contributed by atoms with Crippen LogP contribution in [0.3, 0.4) is 0 Å². The Morgan fingerprint density at radius 2 is 1.79 bits per heavy atom. The summed E-state index contributed by atoms with van der Waals surface area (Å²) in [6, 6.07) is 24.7. The molecule has 8 nitrogen and oxygen atoms in total. The number of rotatable bonds is 8. The Morgan fingerprint density at radius 3 is 2.58 bits per heavy atom. The topological polar surface area (TPSA) is 114 Å². The number of amidine groups is 1. The van der Waals surface area contributed by atoms with E-state index in [-0.39, 0.29) is 12.5 Å². The minimum Gasteiger partial charge on any atom is -0.484 e. The zero-order valence-electron chi connectivity index (χ0n) is 17.9. The third-order valence-electron chi connectivity index (χ3n) is 4.88. The molecule has 166 valence electrons. The fraction of sp³-hybridized carbons (Fsp3) is 0.0800. The molecule has 0 unspecified atom stereocenters. The molecule has 1 amide bonds. The molecule has 0 spiro atoms. The van der Waals surface area contributed by atoms with Crippen molar-refractivity contribution in [2.45, 2.75) is 6.54 Å². The van der Waals surface area contributed by atoms with Gasteiger partial charge in [0.25, 0.3) is 5.91 Å². The molecular weight excluding hydrogens is 416 g/mol. The monoisotopic (exact) mass is 440 g/mol. The van der Waals surface area contributed by atoms with Gasteiger partial charge in [-0.15, -0.1) is 0 Å². The van der Waals surface area contributed by atoms with Crippen LogP contribution in [0.2, 0.25) is 0 Å². The van der Waals surface area contributed by atoms with Crippen molar-refractivity contribution in [2.24, 2.45) is 10.8 Å². The van der Waals surface area contributed by atoms with E-state index in [1.165, 1.54) is 0 Å².